The van der Waals surface area contributed by atoms with Crippen LogP contribution in [0.15, 0.2) is 29.3 Å². The van der Waals surface area contributed by atoms with Crippen LogP contribution in [0, 0.1) is 0 Å². The number of ketones is 1. The van der Waals surface area contributed by atoms with E-state index in [-0.39, 0.29) is 16.9 Å². The molecular formula is C14H16N2O2S2. The van der Waals surface area contributed by atoms with Crippen LogP contribution in [0.25, 0.3) is 0 Å². The van der Waals surface area contributed by atoms with Crippen molar-refractivity contribution in [3.8, 4) is 0 Å². The first-order valence-electron chi connectivity index (χ1n) is 6.32. The highest BCUT2D eigenvalue weighted by molar-refractivity contribution is 8.39. The Hall–Kier alpha value is -1.27. The van der Waals surface area contributed by atoms with Gasteiger partial charge in [-0.05, 0) is 38.1 Å². The highest BCUT2D eigenvalue weighted by atomic mass is 32.2. The molecule has 2 rings (SSSR count). The van der Waals surface area contributed by atoms with E-state index in [1.54, 1.807) is 36.0 Å². The first-order valence-corrected chi connectivity index (χ1v) is 8.18. The van der Waals surface area contributed by atoms with E-state index in [0.717, 1.165) is 16.7 Å². The number of carbonyl (C=O) groups excluding carboxylic acids is 2. The molecule has 0 aromatic heterocycles. The molecule has 0 fully saturated rings. The number of thioether (sulfide) groups is 2. The van der Waals surface area contributed by atoms with E-state index in [4.69, 9.17) is 0 Å². The van der Waals surface area contributed by atoms with Gasteiger partial charge in [0.2, 0.25) is 5.91 Å². The van der Waals surface area contributed by atoms with Crippen molar-refractivity contribution in [3.63, 3.8) is 0 Å². The second-order valence-corrected chi connectivity index (χ2v) is 7.05. The van der Waals surface area contributed by atoms with Crippen LogP contribution in [0.3, 0.4) is 0 Å². The molecule has 0 unspecified atom stereocenters. The number of aliphatic imine (C=N–C) groups is 1. The summed E-state index contributed by atoms with van der Waals surface area (Å²) in [5, 5.41) is 2.66. The van der Waals surface area contributed by atoms with Gasteiger partial charge in [0, 0.05) is 17.0 Å². The van der Waals surface area contributed by atoms with Crippen molar-refractivity contribution in [1.29, 1.82) is 0 Å². The number of Topliss-reactive ketones (excluding diaryl/α,β-unsaturated/α-hetero) is 1. The summed E-state index contributed by atoms with van der Waals surface area (Å²) in [4.78, 5) is 27.6. The number of anilines is 1. The number of carbonyl (C=O) groups is 2. The molecule has 1 N–H and O–H groups in total. The summed E-state index contributed by atoms with van der Waals surface area (Å²) in [7, 11) is 0. The van der Waals surface area contributed by atoms with Gasteiger partial charge >= 0.3 is 0 Å². The molecule has 0 bridgehead atoms. The van der Waals surface area contributed by atoms with Crippen molar-refractivity contribution in [2.45, 2.75) is 19.1 Å². The quantitative estimate of drug-likeness (QED) is 0.869. The van der Waals surface area contributed by atoms with Gasteiger partial charge in [0.05, 0.1) is 11.8 Å². The van der Waals surface area contributed by atoms with Gasteiger partial charge in [-0.25, -0.2) is 0 Å². The fourth-order valence-corrected chi connectivity index (χ4v) is 3.75. The van der Waals surface area contributed by atoms with Gasteiger partial charge < -0.3 is 5.32 Å². The zero-order chi connectivity index (χ0) is 14.5. The first-order chi connectivity index (χ1) is 9.56. The van der Waals surface area contributed by atoms with Crippen molar-refractivity contribution in [3.05, 3.63) is 29.8 Å². The Morgan fingerprint density at radius 2 is 2.05 bits per heavy atom. The van der Waals surface area contributed by atoms with Crippen LogP contribution in [0.5, 0.6) is 0 Å². The first kappa shape index (κ1) is 15.1. The summed E-state index contributed by atoms with van der Waals surface area (Å²) in [6.07, 6.45) is 0. The van der Waals surface area contributed by atoms with Crippen LogP contribution in [0.1, 0.15) is 24.2 Å². The van der Waals surface area contributed by atoms with Gasteiger partial charge in [-0.1, -0.05) is 23.5 Å². The molecule has 20 heavy (non-hydrogen) atoms. The number of rotatable bonds is 4. The van der Waals surface area contributed by atoms with E-state index >= 15 is 0 Å². The Morgan fingerprint density at radius 1 is 1.35 bits per heavy atom. The third-order valence-corrected chi connectivity index (χ3v) is 5.07. The highest BCUT2D eigenvalue weighted by Gasteiger charge is 2.18. The molecule has 1 heterocycles. The second-order valence-electron chi connectivity index (χ2n) is 4.38. The SMILES string of the molecule is CC(=O)c1ccc(NC(=O)[C@H](C)SC2=NCCS2)cc1. The van der Waals surface area contributed by atoms with Crippen LogP contribution in [-0.4, -0.2) is 33.6 Å². The maximum Gasteiger partial charge on any atom is 0.237 e. The molecular weight excluding hydrogens is 292 g/mol. The van der Waals surface area contributed by atoms with Gasteiger partial charge in [0.1, 0.15) is 4.38 Å². The molecule has 1 aliphatic rings. The van der Waals surface area contributed by atoms with Crippen LogP contribution in [-0.2, 0) is 4.79 Å². The van der Waals surface area contributed by atoms with E-state index < -0.39 is 0 Å². The Balaban J connectivity index is 1.91. The Bertz CT molecular complexity index is 541. The van der Waals surface area contributed by atoms with E-state index in [1.807, 2.05) is 6.92 Å². The summed E-state index contributed by atoms with van der Waals surface area (Å²) >= 11 is 3.18. The molecule has 1 aliphatic heterocycles. The van der Waals surface area contributed by atoms with Crippen LogP contribution >= 0.6 is 23.5 Å². The maximum absolute atomic E-state index is 12.1. The lowest BCUT2D eigenvalue weighted by Gasteiger charge is -2.11. The van der Waals surface area contributed by atoms with Crippen molar-refractivity contribution in [2.75, 3.05) is 17.6 Å². The van der Waals surface area contributed by atoms with Gasteiger partial charge in [0.25, 0.3) is 0 Å². The third kappa shape index (κ3) is 4.11. The third-order valence-electron chi connectivity index (χ3n) is 2.76. The summed E-state index contributed by atoms with van der Waals surface area (Å²) in [5.41, 5.74) is 1.34. The molecule has 1 aromatic rings. The summed E-state index contributed by atoms with van der Waals surface area (Å²) in [5.74, 6) is 0.965. The predicted octanol–water partition coefficient (Wildman–Crippen LogP) is 3.05. The molecule has 106 valence electrons. The zero-order valence-corrected chi connectivity index (χ0v) is 13.0. The van der Waals surface area contributed by atoms with Crippen molar-refractivity contribution in [1.82, 2.24) is 0 Å². The van der Waals surface area contributed by atoms with Crippen molar-refractivity contribution >= 4 is 45.3 Å². The smallest absolute Gasteiger partial charge is 0.237 e. The molecule has 0 aliphatic carbocycles. The van der Waals surface area contributed by atoms with Crippen molar-refractivity contribution in [2.24, 2.45) is 4.99 Å². The number of nitrogens with zero attached hydrogens (tertiary/aromatic N) is 1. The van der Waals surface area contributed by atoms with Crippen molar-refractivity contribution < 1.29 is 9.59 Å². The number of benzene rings is 1. The second kappa shape index (κ2) is 6.95. The molecule has 1 atom stereocenters. The fourth-order valence-electron chi connectivity index (χ4n) is 1.62. The monoisotopic (exact) mass is 308 g/mol. The minimum Gasteiger partial charge on any atom is -0.325 e. The van der Waals surface area contributed by atoms with Gasteiger partial charge in [-0.2, -0.15) is 0 Å². The number of amides is 1. The fraction of sp³-hybridized carbons (Fsp3) is 0.357. The minimum absolute atomic E-state index is 0.0167. The molecule has 4 nitrogen and oxygen atoms in total. The van der Waals surface area contributed by atoms with Gasteiger partial charge in [-0.15, -0.1) is 0 Å². The van der Waals surface area contributed by atoms with E-state index in [0.29, 0.717) is 11.3 Å². The molecule has 6 heteroatoms. The Kier molecular flexibility index (Phi) is 5.25. The topological polar surface area (TPSA) is 58.5 Å². The highest BCUT2D eigenvalue weighted by Crippen LogP contribution is 2.26. The Labute approximate surface area is 126 Å². The van der Waals surface area contributed by atoms with E-state index in [9.17, 15) is 9.59 Å². The molecule has 0 spiro atoms. The molecule has 1 amide bonds. The van der Waals surface area contributed by atoms with Crippen LogP contribution in [0.4, 0.5) is 5.69 Å². The summed E-state index contributed by atoms with van der Waals surface area (Å²) in [6.45, 7) is 4.23. The molecule has 0 saturated carbocycles. The summed E-state index contributed by atoms with van der Waals surface area (Å²) < 4.78 is 0.986. The average Bonchev–Trinajstić information content (AvgIpc) is 2.92. The van der Waals surface area contributed by atoms with Gasteiger partial charge in [0.15, 0.2) is 5.78 Å². The lowest BCUT2D eigenvalue weighted by Crippen LogP contribution is -2.23. The maximum atomic E-state index is 12.1. The lowest BCUT2D eigenvalue weighted by molar-refractivity contribution is -0.115. The Morgan fingerprint density at radius 3 is 2.60 bits per heavy atom. The molecule has 0 saturated heterocycles. The number of hydrogen-bond donors (Lipinski definition) is 1. The predicted molar refractivity (Wildman–Crippen MR) is 86.9 cm³/mol. The van der Waals surface area contributed by atoms with Crippen LogP contribution < -0.4 is 5.32 Å². The largest absolute Gasteiger partial charge is 0.325 e. The molecule has 0 radical (unpaired) electrons. The normalized spacial score (nSPS) is 15.6. The molecule has 1 aromatic carbocycles. The van der Waals surface area contributed by atoms with Gasteiger partial charge in [-0.3, -0.25) is 14.6 Å². The zero-order valence-electron chi connectivity index (χ0n) is 11.4. The lowest BCUT2D eigenvalue weighted by atomic mass is 10.1. The van der Waals surface area contributed by atoms with Crippen LogP contribution in [0.2, 0.25) is 0 Å². The van der Waals surface area contributed by atoms with E-state index in [1.165, 1.54) is 18.7 Å². The average molecular weight is 308 g/mol. The number of nitrogens with one attached hydrogen (secondary N) is 1. The summed E-state index contributed by atoms with van der Waals surface area (Å²) in [6, 6.07) is 6.92. The standard InChI is InChI=1S/C14H16N2O2S2/c1-9(17)11-3-5-12(6-4-11)16-13(18)10(2)20-14-15-7-8-19-14/h3-6,10H,7-8H2,1-2H3,(H,16,18)/t10-/m0/s1. The number of hydrogen-bond acceptors (Lipinski definition) is 5. The minimum atomic E-state index is -0.188. The van der Waals surface area contributed by atoms with E-state index in [2.05, 4.69) is 10.3 Å².